The summed E-state index contributed by atoms with van der Waals surface area (Å²) >= 11 is 0. The lowest BCUT2D eigenvalue weighted by Gasteiger charge is -2.31. The average Bonchev–Trinajstić information content (AvgIpc) is 3.23. The molecule has 0 saturated heterocycles. The van der Waals surface area contributed by atoms with Gasteiger partial charge in [0.25, 0.3) is 0 Å². The largest absolute Gasteiger partial charge is 0.226 e. The van der Waals surface area contributed by atoms with E-state index in [2.05, 4.69) is 36.3 Å². The molecule has 158 valence electrons. The second-order valence-electron chi connectivity index (χ2n) is 8.39. The van der Waals surface area contributed by atoms with E-state index in [1.54, 1.807) is 6.33 Å². The Kier molecular flexibility index (Phi) is 14.3. The molecule has 0 bridgehead atoms. The van der Waals surface area contributed by atoms with E-state index in [4.69, 9.17) is 0 Å². The first-order valence-electron chi connectivity index (χ1n) is 12.0. The molecular formula is C23H46N4. The predicted octanol–water partition coefficient (Wildman–Crippen LogP) is 7.45. The Balaban J connectivity index is 1.93. The average molecular weight is 379 g/mol. The van der Waals surface area contributed by atoms with Gasteiger partial charge in [-0.05, 0) is 29.7 Å². The van der Waals surface area contributed by atoms with E-state index in [0.29, 0.717) is 0 Å². The van der Waals surface area contributed by atoms with Gasteiger partial charge in [0, 0.05) is 0 Å². The highest BCUT2D eigenvalue weighted by molar-refractivity contribution is 4.82. The van der Waals surface area contributed by atoms with Crippen molar-refractivity contribution in [2.45, 2.75) is 142 Å². The minimum atomic E-state index is 0.125. The molecule has 1 heterocycles. The van der Waals surface area contributed by atoms with Crippen LogP contribution in [0.5, 0.6) is 0 Å². The van der Waals surface area contributed by atoms with Crippen LogP contribution >= 0.6 is 0 Å². The van der Waals surface area contributed by atoms with Crippen LogP contribution < -0.4 is 0 Å². The lowest BCUT2D eigenvalue weighted by atomic mass is 9.87. The Labute approximate surface area is 168 Å². The molecule has 1 rings (SSSR count). The first kappa shape index (κ1) is 24.1. The minimum Gasteiger partial charge on any atom is -0.226 e. The summed E-state index contributed by atoms with van der Waals surface area (Å²) in [5, 5.41) is 11.8. The fourth-order valence-corrected chi connectivity index (χ4v) is 4.25. The number of nitrogens with zero attached hydrogens (tertiary/aromatic N) is 4. The van der Waals surface area contributed by atoms with Crippen molar-refractivity contribution in [2.24, 2.45) is 0 Å². The maximum atomic E-state index is 4.17. The molecule has 0 N–H and O–H groups in total. The summed E-state index contributed by atoms with van der Waals surface area (Å²) < 4.78 is 2.00. The van der Waals surface area contributed by atoms with Crippen LogP contribution in [0.4, 0.5) is 0 Å². The van der Waals surface area contributed by atoms with Crippen molar-refractivity contribution >= 4 is 0 Å². The van der Waals surface area contributed by atoms with E-state index in [1.807, 2.05) is 4.68 Å². The molecule has 0 spiro atoms. The molecule has 0 amide bonds. The van der Waals surface area contributed by atoms with E-state index in [-0.39, 0.29) is 5.54 Å². The normalized spacial score (nSPS) is 12.0. The van der Waals surface area contributed by atoms with E-state index in [1.165, 1.54) is 103 Å². The van der Waals surface area contributed by atoms with E-state index in [9.17, 15) is 0 Å². The zero-order valence-electron chi connectivity index (χ0n) is 18.6. The molecule has 0 atom stereocenters. The topological polar surface area (TPSA) is 43.6 Å². The maximum absolute atomic E-state index is 4.17. The molecule has 1 aromatic rings. The van der Waals surface area contributed by atoms with Crippen molar-refractivity contribution in [3.8, 4) is 0 Å². The fraction of sp³-hybridized carbons (Fsp3) is 0.957. The molecule has 0 aliphatic carbocycles. The van der Waals surface area contributed by atoms with Crippen LogP contribution in [0.15, 0.2) is 6.33 Å². The van der Waals surface area contributed by atoms with Gasteiger partial charge in [-0.15, -0.1) is 5.10 Å². The van der Waals surface area contributed by atoms with Crippen LogP contribution in [0, 0.1) is 0 Å². The summed E-state index contributed by atoms with van der Waals surface area (Å²) in [5.74, 6) is 0. The summed E-state index contributed by atoms with van der Waals surface area (Å²) in [4.78, 5) is 0. The number of aromatic nitrogens is 4. The fourth-order valence-electron chi connectivity index (χ4n) is 4.25. The van der Waals surface area contributed by atoms with Crippen LogP contribution in [0.25, 0.3) is 0 Å². The van der Waals surface area contributed by atoms with Crippen molar-refractivity contribution in [1.29, 1.82) is 0 Å². The molecule has 0 radical (unpaired) electrons. The van der Waals surface area contributed by atoms with Crippen LogP contribution in [0.1, 0.15) is 136 Å². The van der Waals surface area contributed by atoms with Gasteiger partial charge < -0.3 is 0 Å². The minimum absolute atomic E-state index is 0.125. The molecular weight excluding hydrogens is 332 g/mol. The van der Waals surface area contributed by atoms with E-state index < -0.39 is 0 Å². The highest BCUT2D eigenvalue weighted by Crippen LogP contribution is 2.30. The second-order valence-corrected chi connectivity index (χ2v) is 8.39. The van der Waals surface area contributed by atoms with Gasteiger partial charge in [-0.25, -0.2) is 4.68 Å². The summed E-state index contributed by atoms with van der Waals surface area (Å²) in [5.41, 5.74) is 0.125. The lowest BCUT2D eigenvalue weighted by Crippen LogP contribution is -2.33. The third-order valence-corrected chi connectivity index (χ3v) is 6.40. The Morgan fingerprint density at radius 3 is 1.44 bits per heavy atom. The van der Waals surface area contributed by atoms with Gasteiger partial charge in [0.05, 0.1) is 5.54 Å². The summed E-state index contributed by atoms with van der Waals surface area (Å²) in [7, 11) is 0. The van der Waals surface area contributed by atoms with Gasteiger partial charge in [0.1, 0.15) is 6.33 Å². The van der Waals surface area contributed by atoms with Gasteiger partial charge in [-0.1, -0.05) is 117 Å². The van der Waals surface area contributed by atoms with Crippen LogP contribution in [0.3, 0.4) is 0 Å². The Hall–Kier alpha value is -0.930. The maximum Gasteiger partial charge on any atom is 0.138 e. The molecule has 0 aliphatic heterocycles. The monoisotopic (exact) mass is 378 g/mol. The van der Waals surface area contributed by atoms with Crippen LogP contribution in [0.2, 0.25) is 0 Å². The Morgan fingerprint density at radius 2 is 1.07 bits per heavy atom. The van der Waals surface area contributed by atoms with Gasteiger partial charge in [-0.3, -0.25) is 0 Å². The SMILES string of the molecule is CCCCCCCCCCCCCCCCCC(CC)(CC)n1cnnn1. The van der Waals surface area contributed by atoms with Gasteiger partial charge >= 0.3 is 0 Å². The molecule has 27 heavy (non-hydrogen) atoms. The molecule has 0 aromatic carbocycles. The van der Waals surface area contributed by atoms with Crippen molar-refractivity contribution in [2.75, 3.05) is 0 Å². The predicted molar refractivity (Wildman–Crippen MR) is 116 cm³/mol. The number of tetrazole rings is 1. The molecule has 0 unspecified atom stereocenters. The van der Waals surface area contributed by atoms with Crippen molar-refractivity contribution in [3.63, 3.8) is 0 Å². The van der Waals surface area contributed by atoms with Gasteiger partial charge in [-0.2, -0.15) is 0 Å². The van der Waals surface area contributed by atoms with E-state index in [0.717, 1.165) is 12.8 Å². The van der Waals surface area contributed by atoms with Gasteiger partial charge in [0.2, 0.25) is 0 Å². The standard InChI is InChI=1S/C23H46N4/c1-4-7-8-9-10-11-12-13-14-15-16-17-18-19-20-21-23(5-2,6-3)27-22-24-25-26-27/h22H,4-21H2,1-3H3. The third kappa shape index (κ3) is 10.3. The van der Waals surface area contributed by atoms with Crippen molar-refractivity contribution < 1.29 is 0 Å². The summed E-state index contributed by atoms with van der Waals surface area (Å²) in [6.45, 7) is 6.81. The summed E-state index contributed by atoms with van der Waals surface area (Å²) in [6.07, 6.45) is 26.5. The molecule has 4 nitrogen and oxygen atoms in total. The quantitative estimate of drug-likeness (QED) is 0.235. The zero-order chi connectivity index (χ0) is 19.6. The second kappa shape index (κ2) is 16.1. The van der Waals surface area contributed by atoms with Crippen LogP contribution in [-0.4, -0.2) is 20.2 Å². The Bertz CT molecular complexity index is 412. The highest BCUT2D eigenvalue weighted by Gasteiger charge is 2.28. The molecule has 1 aromatic heterocycles. The zero-order valence-corrected chi connectivity index (χ0v) is 18.6. The van der Waals surface area contributed by atoms with Crippen molar-refractivity contribution in [1.82, 2.24) is 20.2 Å². The highest BCUT2D eigenvalue weighted by atomic mass is 15.5. The third-order valence-electron chi connectivity index (χ3n) is 6.40. The summed E-state index contributed by atoms with van der Waals surface area (Å²) in [6, 6.07) is 0. The molecule has 4 heteroatoms. The molecule has 0 fully saturated rings. The van der Waals surface area contributed by atoms with E-state index >= 15 is 0 Å². The van der Waals surface area contributed by atoms with Crippen LogP contribution in [-0.2, 0) is 5.54 Å². The number of unbranched alkanes of at least 4 members (excludes halogenated alkanes) is 14. The lowest BCUT2D eigenvalue weighted by molar-refractivity contribution is 0.203. The smallest absolute Gasteiger partial charge is 0.138 e. The first-order valence-corrected chi connectivity index (χ1v) is 12.0. The number of rotatable bonds is 19. The van der Waals surface area contributed by atoms with Crippen molar-refractivity contribution in [3.05, 3.63) is 6.33 Å². The first-order chi connectivity index (χ1) is 13.3. The number of hydrogen-bond acceptors (Lipinski definition) is 3. The molecule has 0 saturated carbocycles. The molecule has 0 aliphatic rings. The Morgan fingerprint density at radius 1 is 0.630 bits per heavy atom. The number of hydrogen-bond donors (Lipinski definition) is 0. The van der Waals surface area contributed by atoms with Gasteiger partial charge in [0.15, 0.2) is 0 Å².